The van der Waals surface area contributed by atoms with Gasteiger partial charge in [-0.15, -0.1) is 0 Å². The number of benzene rings is 2. The van der Waals surface area contributed by atoms with Crippen LogP contribution < -0.4 is 10.9 Å². The molecule has 2 aromatic heterocycles. The third-order valence-electron chi connectivity index (χ3n) is 6.23. The van der Waals surface area contributed by atoms with Gasteiger partial charge in [-0.1, -0.05) is 6.07 Å². The predicted molar refractivity (Wildman–Crippen MR) is 130 cm³/mol. The van der Waals surface area contributed by atoms with Gasteiger partial charge >= 0.3 is 0 Å². The number of para-hydroxylation sites is 1. The largest absolute Gasteiger partial charge is 0.354 e. The molecule has 0 bridgehead atoms. The van der Waals surface area contributed by atoms with Gasteiger partial charge < -0.3 is 5.32 Å². The number of hydrogen-bond acceptors (Lipinski definition) is 6. The Kier molecular flexibility index (Phi) is 6.03. The molecule has 36 heavy (non-hydrogen) atoms. The van der Waals surface area contributed by atoms with E-state index in [9.17, 15) is 26.4 Å². The fourth-order valence-electron chi connectivity index (χ4n) is 4.48. The third-order valence-corrected chi connectivity index (χ3v) is 8.07. The lowest BCUT2D eigenvalue weighted by atomic mass is 10.0. The number of hydrogen-bond donors (Lipinski definition) is 1. The molecule has 0 spiro atoms. The molecule has 1 saturated heterocycles. The molecule has 4 aromatic rings. The van der Waals surface area contributed by atoms with E-state index >= 15 is 0 Å². The van der Waals surface area contributed by atoms with Gasteiger partial charge in [0.2, 0.25) is 5.95 Å². The smallest absolute Gasteiger partial charge is 0.256 e. The van der Waals surface area contributed by atoms with Crippen LogP contribution in [-0.4, -0.2) is 41.0 Å². The van der Waals surface area contributed by atoms with Gasteiger partial charge in [0.1, 0.15) is 23.1 Å². The van der Waals surface area contributed by atoms with E-state index in [1.807, 2.05) is 0 Å². The first-order valence-corrected chi connectivity index (χ1v) is 13.0. The Morgan fingerprint density at radius 2 is 1.81 bits per heavy atom. The topological polar surface area (TPSA) is 94.0 Å². The highest BCUT2D eigenvalue weighted by molar-refractivity contribution is 7.91. The van der Waals surface area contributed by atoms with Crippen molar-refractivity contribution >= 4 is 26.8 Å². The lowest BCUT2D eigenvalue weighted by Crippen LogP contribution is -2.22. The van der Waals surface area contributed by atoms with Crippen LogP contribution in [0, 0.1) is 30.3 Å². The van der Waals surface area contributed by atoms with Crippen molar-refractivity contribution in [3.8, 4) is 16.9 Å². The van der Waals surface area contributed by atoms with Crippen LogP contribution in [0.25, 0.3) is 28.0 Å². The summed E-state index contributed by atoms with van der Waals surface area (Å²) in [6.45, 7) is 1.94. The van der Waals surface area contributed by atoms with E-state index < -0.39 is 38.5 Å². The van der Waals surface area contributed by atoms with Gasteiger partial charge in [-0.3, -0.25) is 9.36 Å². The van der Waals surface area contributed by atoms with Gasteiger partial charge in [-0.25, -0.2) is 26.6 Å². The molecule has 0 aliphatic carbocycles. The van der Waals surface area contributed by atoms with E-state index in [1.165, 1.54) is 30.3 Å². The number of pyridine rings is 1. The summed E-state index contributed by atoms with van der Waals surface area (Å²) in [5.41, 5.74) is 0.0692. The van der Waals surface area contributed by atoms with Crippen LogP contribution in [0.4, 0.5) is 19.1 Å². The summed E-state index contributed by atoms with van der Waals surface area (Å²) in [6.07, 6.45) is 0.484. The van der Waals surface area contributed by atoms with E-state index in [0.29, 0.717) is 28.6 Å². The number of aryl methyl sites for hydroxylation is 1. The molecule has 1 N–H and O–H groups in total. The maximum Gasteiger partial charge on any atom is 0.256 e. The summed E-state index contributed by atoms with van der Waals surface area (Å²) in [5, 5.41) is 3.34. The minimum absolute atomic E-state index is 0.0304. The second kappa shape index (κ2) is 9.05. The van der Waals surface area contributed by atoms with E-state index in [-0.39, 0.29) is 35.6 Å². The molecule has 0 saturated carbocycles. The van der Waals surface area contributed by atoms with Crippen molar-refractivity contribution < 1.29 is 21.6 Å². The molecule has 0 radical (unpaired) electrons. The number of anilines is 1. The highest BCUT2D eigenvalue weighted by Crippen LogP contribution is 2.31. The van der Waals surface area contributed by atoms with Crippen molar-refractivity contribution in [2.75, 3.05) is 23.4 Å². The Balaban J connectivity index is 1.73. The molecule has 1 aliphatic heterocycles. The first kappa shape index (κ1) is 24.0. The van der Waals surface area contributed by atoms with Crippen molar-refractivity contribution in [2.24, 2.45) is 5.92 Å². The number of sulfone groups is 1. The van der Waals surface area contributed by atoms with Crippen LogP contribution >= 0.6 is 0 Å². The molecule has 186 valence electrons. The SMILES string of the molecule is Cc1cc(F)ccc1-c1nc(NCC2CCS(=O)(=O)C2)nc2c1ccc(=O)n2-c1c(F)cccc1F. The minimum Gasteiger partial charge on any atom is -0.354 e. The molecule has 7 nitrogen and oxygen atoms in total. The summed E-state index contributed by atoms with van der Waals surface area (Å²) in [7, 11) is -3.10. The Labute approximate surface area is 204 Å². The number of fused-ring (bicyclic) bond motifs is 1. The van der Waals surface area contributed by atoms with Crippen LogP contribution in [-0.2, 0) is 9.84 Å². The fraction of sp³-hybridized carbons (Fsp3) is 0.240. The highest BCUT2D eigenvalue weighted by atomic mass is 32.2. The van der Waals surface area contributed by atoms with Crippen LogP contribution in [0.15, 0.2) is 53.3 Å². The van der Waals surface area contributed by atoms with Crippen molar-refractivity contribution in [3.05, 3.63) is 81.9 Å². The average molecular weight is 515 g/mol. The standard InChI is InChI=1S/C25H21F3N4O3S/c1-14-11-16(26)5-6-17(14)22-18-7-8-21(33)32(23-19(27)3-2-4-20(23)28)24(18)31-25(30-22)29-12-15-9-10-36(34,35)13-15/h2-8,11,15H,9-10,12-13H2,1H3,(H,29,30,31). The van der Waals surface area contributed by atoms with Crippen LogP contribution in [0.5, 0.6) is 0 Å². The maximum absolute atomic E-state index is 14.7. The van der Waals surface area contributed by atoms with Crippen LogP contribution in [0.3, 0.4) is 0 Å². The molecule has 1 atom stereocenters. The second-order valence-corrected chi connectivity index (χ2v) is 11.0. The van der Waals surface area contributed by atoms with Gasteiger partial charge in [-0.2, -0.15) is 4.98 Å². The van der Waals surface area contributed by atoms with Crippen LogP contribution in [0.2, 0.25) is 0 Å². The molecule has 3 heterocycles. The van der Waals surface area contributed by atoms with Crippen molar-refractivity contribution in [1.29, 1.82) is 0 Å². The van der Waals surface area contributed by atoms with E-state index in [1.54, 1.807) is 6.92 Å². The summed E-state index contributed by atoms with van der Waals surface area (Å²) >= 11 is 0. The molecule has 1 aliphatic rings. The monoisotopic (exact) mass is 514 g/mol. The van der Waals surface area contributed by atoms with Crippen LogP contribution in [0.1, 0.15) is 12.0 Å². The van der Waals surface area contributed by atoms with E-state index in [2.05, 4.69) is 15.3 Å². The van der Waals surface area contributed by atoms with Gasteiger partial charge in [0.25, 0.3) is 5.56 Å². The van der Waals surface area contributed by atoms with Crippen molar-refractivity contribution in [2.45, 2.75) is 13.3 Å². The summed E-state index contributed by atoms with van der Waals surface area (Å²) in [5.74, 6) is -2.33. The van der Waals surface area contributed by atoms with Gasteiger partial charge in [0.05, 0.1) is 17.2 Å². The number of aromatic nitrogens is 3. The Morgan fingerprint density at radius 1 is 1.06 bits per heavy atom. The number of halogens is 3. The predicted octanol–water partition coefficient (Wildman–Crippen LogP) is 4.02. The van der Waals surface area contributed by atoms with Crippen molar-refractivity contribution in [3.63, 3.8) is 0 Å². The fourth-order valence-corrected chi connectivity index (χ4v) is 6.34. The molecule has 1 unspecified atom stereocenters. The lowest BCUT2D eigenvalue weighted by Gasteiger charge is -2.17. The number of rotatable bonds is 5. The second-order valence-electron chi connectivity index (χ2n) is 8.82. The Bertz CT molecular complexity index is 1650. The molecule has 2 aromatic carbocycles. The summed E-state index contributed by atoms with van der Waals surface area (Å²) in [6, 6.07) is 10.00. The zero-order valence-electron chi connectivity index (χ0n) is 19.1. The molecule has 1 fully saturated rings. The number of nitrogens with zero attached hydrogens (tertiary/aromatic N) is 3. The first-order chi connectivity index (χ1) is 17.1. The summed E-state index contributed by atoms with van der Waals surface area (Å²) in [4.78, 5) is 21.9. The first-order valence-electron chi connectivity index (χ1n) is 11.2. The molecule has 0 amide bonds. The minimum atomic E-state index is -3.10. The normalized spacial score (nSPS) is 16.9. The third kappa shape index (κ3) is 4.46. The van der Waals surface area contributed by atoms with Gasteiger partial charge in [0.15, 0.2) is 15.5 Å². The van der Waals surface area contributed by atoms with E-state index in [4.69, 9.17) is 0 Å². The van der Waals surface area contributed by atoms with Gasteiger partial charge in [0, 0.05) is 23.6 Å². The number of nitrogens with one attached hydrogen (secondary N) is 1. The summed E-state index contributed by atoms with van der Waals surface area (Å²) < 4.78 is 67.8. The Hall–Kier alpha value is -3.73. The maximum atomic E-state index is 14.7. The lowest BCUT2D eigenvalue weighted by molar-refractivity contribution is 0.568. The molecular formula is C25H21F3N4O3S. The highest BCUT2D eigenvalue weighted by Gasteiger charge is 2.28. The van der Waals surface area contributed by atoms with Gasteiger partial charge in [-0.05, 0) is 61.2 Å². The molecule has 11 heteroatoms. The average Bonchev–Trinajstić information content (AvgIpc) is 3.17. The Morgan fingerprint density at radius 3 is 2.47 bits per heavy atom. The zero-order valence-corrected chi connectivity index (χ0v) is 19.9. The molecular weight excluding hydrogens is 493 g/mol. The van der Waals surface area contributed by atoms with E-state index in [0.717, 1.165) is 22.8 Å². The molecule has 5 rings (SSSR count). The quantitative estimate of drug-likeness (QED) is 0.433. The zero-order chi connectivity index (χ0) is 25.6. The van der Waals surface area contributed by atoms with Crippen molar-refractivity contribution in [1.82, 2.24) is 14.5 Å².